The second-order valence-electron chi connectivity index (χ2n) is 5.73. The highest BCUT2D eigenvalue weighted by Crippen LogP contribution is 2.17. The number of carboxylic acid groups (broad SMARTS) is 1. The predicted octanol–water partition coefficient (Wildman–Crippen LogP) is 0.407. The van der Waals surface area contributed by atoms with Crippen LogP contribution in [0.2, 0.25) is 0 Å². The van der Waals surface area contributed by atoms with Crippen molar-refractivity contribution in [1.82, 2.24) is 15.5 Å². The van der Waals surface area contributed by atoms with Gasteiger partial charge in [-0.05, 0) is 32.6 Å². The molecule has 0 atom stereocenters. The summed E-state index contributed by atoms with van der Waals surface area (Å²) in [6.45, 7) is 6.17. The van der Waals surface area contributed by atoms with Gasteiger partial charge in [0.05, 0.1) is 0 Å². The maximum absolute atomic E-state index is 12.0. The number of carboxylic acids is 1. The summed E-state index contributed by atoms with van der Waals surface area (Å²) in [5.41, 5.74) is -1.27. The summed E-state index contributed by atoms with van der Waals surface area (Å²) in [7, 11) is 0. The first-order valence-electron chi connectivity index (χ1n) is 6.77. The van der Waals surface area contributed by atoms with Crippen LogP contribution in [0.5, 0.6) is 0 Å². The second-order valence-corrected chi connectivity index (χ2v) is 5.73. The predicted molar refractivity (Wildman–Crippen MR) is 73.2 cm³/mol. The first kappa shape index (κ1) is 16.3. The summed E-state index contributed by atoms with van der Waals surface area (Å²) in [4.78, 5) is 35.4. The maximum Gasteiger partial charge on any atom is 0.328 e. The monoisotopic (exact) mass is 285 g/mol. The van der Waals surface area contributed by atoms with Crippen LogP contribution in [-0.2, 0) is 9.59 Å². The van der Waals surface area contributed by atoms with E-state index in [-0.39, 0.29) is 11.9 Å². The van der Waals surface area contributed by atoms with Gasteiger partial charge in [-0.2, -0.15) is 0 Å². The zero-order chi connectivity index (χ0) is 15.3. The fraction of sp³-hybridized carbons (Fsp3) is 0.769. The number of aliphatic carboxylic acids is 1. The number of carbonyl (C=O) groups is 3. The number of carbonyl (C=O) groups excluding carboxylic acids is 2. The number of rotatable bonds is 4. The van der Waals surface area contributed by atoms with Gasteiger partial charge < -0.3 is 20.6 Å². The Morgan fingerprint density at radius 2 is 1.80 bits per heavy atom. The Kier molecular flexibility index (Phi) is 5.35. The van der Waals surface area contributed by atoms with E-state index in [1.165, 1.54) is 20.8 Å². The number of likely N-dealkylation sites (tertiary alicyclic amines) is 1. The van der Waals surface area contributed by atoms with Crippen LogP contribution in [0.4, 0.5) is 4.79 Å². The molecule has 0 aliphatic carbocycles. The molecule has 3 N–H and O–H groups in total. The van der Waals surface area contributed by atoms with Gasteiger partial charge in [-0.25, -0.2) is 9.59 Å². The van der Waals surface area contributed by atoms with Crippen LogP contribution in [0.1, 0.15) is 33.6 Å². The molecular weight excluding hydrogens is 262 g/mol. The highest BCUT2D eigenvalue weighted by atomic mass is 16.4. The number of hydrogen-bond acceptors (Lipinski definition) is 3. The minimum absolute atomic E-state index is 0.0478. The van der Waals surface area contributed by atoms with Crippen molar-refractivity contribution in [3.63, 3.8) is 0 Å². The molecule has 1 saturated heterocycles. The molecular formula is C13H23N3O4. The summed E-state index contributed by atoms with van der Waals surface area (Å²) in [6, 6.07) is -0.352. The average Bonchev–Trinajstić information content (AvgIpc) is 2.36. The van der Waals surface area contributed by atoms with Gasteiger partial charge in [-0.15, -0.1) is 0 Å². The van der Waals surface area contributed by atoms with Crippen molar-refractivity contribution in [3.8, 4) is 0 Å². The van der Waals surface area contributed by atoms with Crippen LogP contribution >= 0.6 is 0 Å². The number of piperidine rings is 1. The van der Waals surface area contributed by atoms with E-state index in [2.05, 4.69) is 10.6 Å². The molecule has 0 aromatic carbocycles. The fourth-order valence-electron chi connectivity index (χ4n) is 2.03. The Balaban J connectivity index is 2.39. The van der Waals surface area contributed by atoms with Crippen molar-refractivity contribution in [2.45, 2.75) is 39.2 Å². The van der Waals surface area contributed by atoms with Gasteiger partial charge >= 0.3 is 12.0 Å². The van der Waals surface area contributed by atoms with Gasteiger partial charge in [-0.3, -0.25) is 4.79 Å². The number of hydrogen-bond donors (Lipinski definition) is 3. The minimum Gasteiger partial charge on any atom is -0.480 e. The lowest BCUT2D eigenvalue weighted by Crippen LogP contribution is -2.55. The van der Waals surface area contributed by atoms with Crippen LogP contribution in [-0.4, -0.2) is 53.1 Å². The van der Waals surface area contributed by atoms with Crippen molar-refractivity contribution >= 4 is 17.9 Å². The molecule has 1 fully saturated rings. The summed E-state index contributed by atoms with van der Waals surface area (Å²) < 4.78 is 0. The standard InChI is InChI=1S/C13H23N3O4/c1-9(17)14-8-10-4-6-16(7-5-10)12(20)15-13(2,3)11(18)19/h10H,4-8H2,1-3H3,(H,14,17)(H,15,20)(H,18,19). The second kappa shape index (κ2) is 6.58. The Bertz CT molecular complexity index is 387. The molecule has 0 spiro atoms. The fourth-order valence-corrected chi connectivity index (χ4v) is 2.03. The first-order valence-corrected chi connectivity index (χ1v) is 6.77. The van der Waals surface area contributed by atoms with Gasteiger partial charge in [0.25, 0.3) is 0 Å². The number of urea groups is 1. The molecule has 1 aliphatic heterocycles. The summed E-state index contributed by atoms with van der Waals surface area (Å²) >= 11 is 0. The molecule has 0 unspecified atom stereocenters. The van der Waals surface area contributed by atoms with Crippen molar-refractivity contribution in [2.75, 3.05) is 19.6 Å². The summed E-state index contributed by atoms with van der Waals surface area (Å²) in [6.07, 6.45) is 1.61. The van der Waals surface area contributed by atoms with Gasteiger partial charge in [0.1, 0.15) is 5.54 Å². The third kappa shape index (κ3) is 4.71. The van der Waals surface area contributed by atoms with Crippen LogP contribution in [0, 0.1) is 5.92 Å². The van der Waals surface area contributed by atoms with Crippen LogP contribution in [0.25, 0.3) is 0 Å². The lowest BCUT2D eigenvalue weighted by molar-refractivity contribution is -0.143. The molecule has 7 nitrogen and oxygen atoms in total. The molecule has 114 valence electrons. The van der Waals surface area contributed by atoms with E-state index in [0.29, 0.717) is 25.6 Å². The molecule has 1 rings (SSSR count). The summed E-state index contributed by atoms with van der Waals surface area (Å²) in [5, 5.41) is 14.3. The van der Waals surface area contributed by atoms with Crippen LogP contribution in [0.15, 0.2) is 0 Å². The third-order valence-electron chi connectivity index (χ3n) is 3.50. The zero-order valence-corrected chi connectivity index (χ0v) is 12.2. The van der Waals surface area contributed by atoms with E-state index in [1.807, 2.05) is 0 Å². The van der Waals surface area contributed by atoms with E-state index >= 15 is 0 Å². The molecule has 7 heteroatoms. The van der Waals surface area contributed by atoms with Gasteiger partial charge in [0.15, 0.2) is 0 Å². The van der Waals surface area contributed by atoms with Gasteiger partial charge in [0.2, 0.25) is 5.91 Å². The molecule has 0 aromatic heterocycles. The molecule has 1 aliphatic rings. The quantitative estimate of drug-likeness (QED) is 0.696. The van der Waals surface area contributed by atoms with Crippen molar-refractivity contribution < 1.29 is 19.5 Å². The summed E-state index contributed by atoms with van der Waals surface area (Å²) in [5.74, 6) is -0.741. The number of nitrogens with zero attached hydrogens (tertiary/aromatic N) is 1. The van der Waals surface area contributed by atoms with Gasteiger partial charge in [-0.1, -0.05) is 0 Å². The average molecular weight is 285 g/mol. The molecule has 0 saturated carbocycles. The highest BCUT2D eigenvalue weighted by Gasteiger charge is 2.32. The Labute approximate surface area is 118 Å². The molecule has 0 aromatic rings. The van der Waals surface area contributed by atoms with E-state index in [0.717, 1.165) is 12.8 Å². The maximum atomic E-state index is 12.0. The minimum atomic E-state index is -1.27. The van der Waals surface area contributed by atoms with Crippen molar-refractivity contribution in [2.24, 2.45) is 5.92 Å². The lowest BCUT2D eigenvalue weighted by atomic mass is 9.97. The third-order valence-corrected chi connectivity index (χ3v) is 3.50. The molecule has 3 amide bonds. The number of nitrogens with one attached hydrogen (secondary N) is 2. The zero-order valence-electron chi connectivity index (χ0n) is 12.2. The largest absolute Gasteiger partial charge is 0.480 e. The molecule has 0 radical (unpaired) electrons. The van der Waals surface area contributed by atoms with Crippen molar-refractivity contribution in [1.29, 1.82) is 0 Å². The molecule has 0 bridgehead atoms. The van der Waals surface area contributed by atoms with E-state index in [4.69, 9.17) is 5.11 Å². The van der Waals surface area contributed by atoms with E-state index < -0.39 is 11.5 Å². The Morgan fingerprint density at radius 3 is 2.25 bits per heavy atom. The topological polar surface area (TPSA) is 98.7 Å². The number of amides is 3. The highest BCUT2D eigenvalue weighted by molar-refractivity contribution is 5.85. The van der Waals surface area contributed by atoms with E-state index in [1.54, 1.807) is 4.90 Å². The molecule has 1 heterocycles. The van der Waals surface area contributed by atoms with Crippen molar-refractivity contribution in [3.05, 3.63) is 0 Å². The van der Waals surface area contributed by atoms with Gasteiger partial charge in [0, 0.05) is 26.6 Å². The Morgan fingerprint density at radius 1 is 1.25 bits per heavy atom. The smallest absolute Gasteiger partial charge is 0.328 e. The van der Waals surface area contributed by atoms with Crippen LogP contribution < -0.4 is 10.6 Å². The SMILES string of the molecule is CC(=O)NCC1CCN(C(=O)NC(C)(C)C(=O)O)CC1. The Hall–Kier alpha value is -1.79. The normalized spacial score (nSPS) is 16.6. The molecule has 20 heavy (non-hydrogen) atoms. The van der Waals surface area contributed by atoms with Crippen LogP contribution in [0.3, 0.4) is 0 Å². The van der Waals surface area contributed by atoms with E-state index in [9.17, 15) is 14.4 Å². The lowest BCUT2D eigenvalue weighted by Gasteiger charge is -2.34. The first-order chi connectivity index (χ1) is 9.22.